The van der Waals surface area contributed by atoms with Gasteiger partial charge in [-0.2, -0.15) is 13.2 Å². The van der Waals surface area contributed by atoms with Crippen molar-refractivity contribution in [3.63, 3.8) is 0 Å². The van der Waals surface area contributed by atoms with Gasteiger partial charge in [-0.1, -0.05) is 23.7 Å². The fourth-order valence-electron chi connectivity index (χ4n) is 1.05. The molecule has 0 saturated carbocycles. The van der Waals surface area contributed by atoms with Crippen LogP contribution in [0, 0.1) is 0 Å². The third kappa shape index (κ3) is 5.23. The van der Waals surface area contributed by atoms with Crippen LogP contribution in [0.2, 0.25) is 5.02 Å². The Morgan fingerprint density at radius 3 is 2.56 bits per heavy atom. The molecule has 0 aliphatic rings. The van der Waals surface area contributed by atoms with Crippen LogP contribution in [0.5, 0.6) is 0 Å². The van der Waals surface area contributed by atoms with Crippen molar-refractivity contribution in [3.05, 3.63) is 29.3 Å². The second-order valence-corrected chi connectivity index (χ2v) is 3.48. The molecule has 0 radical (unpaired) electrons. The summed E-state index contributed by atoms with van der Waals surface area (Å²) in [5.41, 5.74) is 0.680. The minimum atomic E-state index is -4.27. The molecule has 0 spiro atoms. The van der Waals surface area contributed by atoms with Crippen molar-refractivity contribution in [1.29, 1.82) is 0 Å². The molecule has 0 aromatic heterocycles. The quantitative estimate of drug-likeness (QED) is 0.813. The fraction of sp³-hybridized carbons (Fsp3) is 0.400. The van der Waals surface area contributed by atoms with Gasteiger partial charge in [-0.3, -0.25) is 0 Å². The lowest BCUT2D eigenvalue weighted by molar-refractivity contribution is -0.172. The Labute approximate surface area is 96.4 Å². The van der Waals surface area contributed by atoms with Gasteiger partial charge in [-0.25, -0.2) is 0 Å². The average molecular weight is 254 g/mol. The van der Waals surface area contributed by atoms with Gasteiger partial charge < -0.3 is 10.1 Å². The lowest BCUT2D eigenvalue weighted by Crippen LogP contribution is -2.20. The topological polar surface area (TPSA) is 21.3 Å². The number of anilines is 1. The highest BCUT2D eigenvalue weighted by atomic mass is 35.5. The molecular weight excluding hydrogens is 243 g/mol. The largest absolute Gasteiger partial charge is 0.411 e. The van der Waals surface area contributed by atoms with Crippen LogP contribution in [0.3, 0.4) is 0 Å². The Kier molecular flexibility index (Phi) is 4.89. The summed E-state index contributed by atoms with van der Waals surface area (Å²) in [6, 6.07) is 6.99. The van der Waals surface area contributed by atoms with Crippen molar-refractivity contribution >= 4 is 17.3 Å². The molecule has 2 nitrogen and oxygen atoms in total. The van der Waals surface area contributed by atoms with E-state index in [-0.39, 0.29) is 13.2 Å². The van der Waals surface area contributed by atoms with Gasteiger partial charge in [0.15, 0.2) is 0 Å². The number of ether oxygens (including phenoxy) is 1. The van der Waals surface area contributed by atoms with Crippen molar-refractivity contribution in [1.82, 2.24) is 0 Å². The first-order chi connectivity index (χ1) is 7.49. The Morgan fingerprint density at radius 1 is 1.25 bits per heavy atom. The van der Waals surface area contributed by atoms with E-state index in [0.717, 1.165) is 0 Å². The summed E-state index contributed by atoms with van der Waals surface area (Å²) >= 11 is 5.83. The molecule has 1 aromatic carbocycles. The highest BCUT2D eigenvalue weighted by molar-refractivity contribution is 6.33. The number of nitrogens with one attached hydrogen (secondary N) is 1. The van der Waals surface area contributed by atoms with Gasteiger partial charge in [0.25, 0.3) is 0 Å². The van der Waals surface area contributed by atoms with Crippen molar-refractivity contribution in [3.8, 4) is 0 Å². The van der Waals surface area contributed by atoms with Gasteiger partial charge in [-0.05, 0) is 12.1 Å². The molecule has 0 heterocycles. The third-order valence-electron chi connectivity index (χ3n) is 1.70. The number of hydrogen-bond acceptors (Lipinski definition) is 2. The number of para-hydroxylation sites is 1. The van der Waals surface area contributed by atoms with Gasteiger partial charge >= 0.3 is 6.18 Å². The van der Waals surface area contributed by atoms with Crippen molar-refractivity contribution in [2.75, 3.05) is 25.1 Å². The molecule has 0 aliphatic heterocycles. The van der Waals surface area contributed by atoms with E-state index in [4.69, 9.17) is 11.6 Å². The number of rotatable bonds is 5. The predicted molar refractivity (Wildman–Crippen MR) is 56.8 cm³/mol. The zero-order valence-corrected chi connectivity index (χ0v) is 9.11. The summed E-state index contributed by atoms with van der Waals surface area (Å²) in [5.74, 6) is 0. The highest BCUT2D eigenvalue weighted by Crippen LogP contribution is 2.20. The fourth-order valence-corrected chi connectivity index (χ4v) is 1.25. The van der Waals surface area contributed by atoms with Crippen molar-refractivity contribution < 1.29 is 17.9 Å². The molecule has 0 bridgehead atoms. The Morgan fingerprint density at radius 2 is 1.94 bits per heavy atom. The molecule has 1 N–H and O–H groups in total. The lowest BCUT2D eigenvalue weighted by Gasteiger charge is -2.10. The minimum Gasteiger partial charge on any atom is -0.382 e. The van der Waals surface area contributed by atoms with Crippen LogP contribution in [-0.2, 0) is 4.74 Å². The van der Waals surface area contributed by atoms with E-state index in [1.807, 2.05) is 0 Å². The summed E-state index contributed by atoms with van der Waals surface area (Å²) in [6.07, 6.45) is -4.27. The van der Waals surface area contributed by atoms with Gasteiger partial charge in [0.2, 0.25) is 0 Å². The monoisotopic (exact) mass is 253 g/mol. The van der Waals surface area contributed by atoms with E-state index in [0.29, 0.717) is 10.7 Å². The zero-order chi connectivity index (χ0) is 12.0. The predicted octanol–water partition coefficient (Wildman–Crippen LogP) is 3.33. The van der Waals surface area contributed by atoms with E-state index >= 15 is 0 Å². The summed E-state index contributed by atoms with van der Waals surface area (Å²) < 4.78 is 39.5. The Hall–Kier alpha value is -0.940. The molecule has 0 saturated heterocycles. The van der Waals surface area contributed by atoms with E-state index in [2.05, 4.69) is 10.1 Å². The highest BCUT2D eigenvalue weighted by Gasteiger charge is 2.27. The second kappa shape index (κ2) is 5.96. The van der Waals surface area contributed by atoms with Crippen LogP contribution in [-0.4, -0.2) is 25.9 Å². The Bertz CT molecular complexity index is 330. The maximum absolute atomic E-state index is 11.7. The van der Waals surface area contributed by atoms with E-state index < -0.39 is 12.8 Å². The summed E-state index contributed by atoms with van der Waals surface area (Å²) in [5, 5.41) is 3.40. The molecule has 0 atom stereocenters. The number of alkyl halides is 3. The van der Waals surface area contributed by atoms with E-state index in [1.54, 1.807) is 24.3 Å². The van der Waals surface area contributed by atoms with Crippen LogP contribution >= 0.6 is 11.6 Å². The SMILES string of the molecule is FC(F)(F)COCCNc1ccccc1Cl. The molecule has 0 aliphatic carbocycles. The number of halogens is 4. The van der Waals surface area contributed by atoms with Gasteiger partial charge in [-0.15, -0.1) is 0 Å². The first kappa shape index (κ1) is 13.1. The summed E-state index contributed by atoms with van der Waals surface area (Å²) in [7, 11) is 0. The van der Waals surface area contributed by atoms with Gasteiger partial charge in [0, 0.05) is 6.54 Å². The summed E-state index contributed by atoms with van der Waals surface area (Å²) in [4.78, 5) is 0. The van der Waals surface area contributed by atoms with E-state index in [9.17, 15) is 13.2 Å². The van der Waals surface area contributed by atoms with Crippen LogP contribution in [0.15, 0.2) is 24.3 Å². The Balaban J connectivity index is 2.19. The maximum Gasteiger partial charge on any atom is 0.411 e. The molecule has 16 heavy (non-hydrogen) atoms. The second-order valence-electron chi connectivity index (χ2n) is 3.07. The molecule has 90 valence electrons. The molecule has 1 aromatic rings. The smallest absolute Gasteiger partial charge is 0.382 e. The molecule has 1 rings (SSSR count). The number of hydrogen-bond donors (Lipinski definition) is 1. The lowest BCUT2D eigenvalue weighted by atomic mass is 10.3. The van der Waals surface area contributed by atoms with Crippen LogP contribution < -0.4 is 5.32 Å². The van der Waals surface area contributed by atoms with Crippen LogP contribution in [0.25, 0.3) is 0 Å². The molecular formula is C10H11ClF3NO. The standard InChI is InChI=1S/C10H11ClF3NO/c11-8-3-1-2-4-9(8)15-5-6-16-7-10(12,13)14/h1-4,15H,5-7H2. The molecule has 0 amide bonds. The van der Waals surface area contributed by atoms with Crippen LogP contribution in [0.1, 0.15) is 0 Å². The minimum absolute atomic E-state index is 0.0231. The first-order valence-corrected chi connectivity index (χ1v) is 5.00. The first-order valence-electron chi connectivity index (χ1n) is 4.62. The molecule has 0 unspecified atom stereocenters. The molecule has 6 heteroatoms. The van der Waals surface area contributed by atoms with Crippen molar-refractivity contribution in [2.45, 2.75) is 6.18 Å². The normalized spacial score (nSPS) is 11.5. The number of benzene rings is 1. The average Bonchev–Trinajstić information content (AvgIpc) is 2.18. The maximum atomic E-state index is 11.7. The van der Waals surface area contributed by atoms with Gasteiger partial charge in [0.1, 0.15) is 6.61 Å². The molecule has 0 fully saturated rings. The zero-order valence-electron chi connectivity index (χ0n) is 8.35. The van der Waals surface area contributed by atoms with Crippen LogP contribution in [0.4, 0.5) is 18.9 Å². The van der Waals surface area contributed by atoms with Crippen molar-refractivity contribution in [2.24, 2.45) is 0 Å². The summed E-state index contributed by atoms with van der Waals surface area (Å²) in [6.45, 7) is -0.970. The van der Waals surface area contributed by atoms with E-state index in [1.165, 1.54) is 0 Å². The van der Waals surface area contributed by atoms with Gasteiger partial charge in [0.05, 0.1) is 17.3 Å². The third-order valence-corrected chi connectivity index (χ3v) is 2.03.